The fourth-order valence-corrected chi connectivity index (χ4v) is 6.18. The largest absolute Gasteiger partial charge is 0.457 e. The van der Waals surface area contributed by atoms with Crippen molar-refractivity contribution in [1.82, 2.24) is 4.90 Å². The van der Waals surface area contributed by atoms with Gasteiger partial charge in [0.05, 0.1) is 21.2 Å². The summed E-state index contributed by atoms with van der Waals surface area (Å²) in [5.74, 6) is 2.14. The quantitative estimate of drug-likeness (QED) is 0.658. The fourth-order valence-electron chi connectivity index (χ4n) is 4.83. The van der Waals surface area contributed by atoms with E-state index in [0.29, 0.717) is 34.1 Å². The first kappa shape index (κ1) is 19.2. The summed E-state index contributed by atoms with van der Waals surface area (Å²) in [6.45, 7) is 0.548. The molecule has 3 aliphatic heterocycles. The maximum Gasteiger partial charge on any atom is 0.256 e. The van der Waals surface area contributed by atoms with E-state index in [0.717, 1.165) is 37.1 Å². The van der Waals surface area contributed by atoms with Crippen molar-refractivity contribution in [2.24, 2.45) is 4.40 Å². The average molecular weight is 451 g/mol. The van der Waals surface area contributed by atoms with Crippen LogP contribution in [-0.4, -0.2) is 37.5 Å². The molecule has 0 atom stereocenters. The third kappa shape index (κ3) is 3.31. The molecule has 3 heterocycles. The maximum atomic E-state index is 12.2. The van der Waals surface area contributed by atoms with Crippen molar-refractivity contribution in [3.8, 4) is 11.5 Å². The number of rotatable bonds is 3. The Hall–Kier alpha value is -1.76. The van der Waals surface area contributed by atoms with Crippen LogP contribution in [0.5, 0.6) is 11.5 Å². The smallest absolute Gasteiger partial charge is 0.256 e. The van der Waals surface area contributed by atoms with E-state index >= 15 is 0 Å². The Bertz CT molecular complexity index is 1090. The number of hydrogen-bond donors (Lipinski definition) is 0. The molecule has 2 aromatic carbocycles. The van der Waals surface area contributed by atoms with Gasteiger partial charge in [-0.3, -0.25) is 0 Å². The summed E-state index contributed by atoms with van der Waals surface area (Å²) in [6.07, 6.45) is 3.99. The third-order valence-corrected chi connectivity index (χ3v) is 8.19. The number of halogens is 2. The Balaban J connectivity index is 1.47. The molecule has 0 amide bonds. The molecule has 2 bridgehead atoms. The molecule has 6 rings (SSSR count). The Labute approximate surface area is 180 Å². The Morgan fingerprint density at radius 1 is 1.00 bits per heavy atom. The van der Waals surface area contributed by atoms with Gasteiger partial charge in [-0.05, 0) is 55.5 Å². The van der Waals surface area contributed by atoms with E-state index in [2.05, 4.69) is 9.30 Å². The second-order valence-corrected chi connectivity index (χ2v) is 10.5. The van der Waals surface area contributed by atoms with E-state index in [9.17, 15) is 8.42 Å². The monoisotopic (exact) mass is 450 g/mol. The second-order valence-electron chi connectivity index (χ2n) is 7.91. The number of sulfonamides is 1. The van der Waals surface area contributed by atoms with Crippen LogP contribution in [0.3, 0.4) is 0 Å². The molecule has 0 aromatic heterocycles. The van der Waals surface area contributed by atoms with Crippen LogP contribution in [0, 0.1) is 0 Å². The molecule has 0 spiro atoms. The predicted octanol–water partition coefficient (Wildman–Crippen LogP) is 5.02. The summed E-state index contributed by atoms with van der Waals surface area (Å²) in [5, 5.41) is 0.921. The SMILES string of the molecule is O=S1(=O)CCN2C(=N1)C1(c3ccc(Oc4ccc(Cl)c(Cl)c4)cc3)CCC2CC1. The topological polar surface area (TPSA) is 59.0 Å². The highest BCUT2D eigenvalue weighted by Crippen LogP contribution is 2.49. The molecule has 3 fully saturated rings. The van der Waals surface area contributed by atoms with Crippen molar-refractivity contribution >= 4 is 39.1 Å². The molecule has 5 nitrogen and oxygen atoms in total. The zero-order chi connectivity index (χ0) is 20.2. The lowest BCUT2D eigenvalue weighted by Crippen LogP contribution is -2.62. The average Bonchev–Trinajstić information content (AvgIpc) is 2.71. The highest BCUT2D eigenvalue weighted by atomic mass is 35.5. The lowest BCUT2D eigenvalue weighted by molar-refractivity contribution is 0.151. The van der Waals surface area contributed by atoms with Gasteiger partial charge < -0.3 is 9.64 Å². The van der Waals surface area contributed by atoms with Crippen molar-refractivity contribution in [2.75, 3.05) is 12.3 Å². The minimum atomic E-state index is -3.38. The van der Waals surface area contributed by atoms with Crippen molar-refractivity contribution in [2.45, 2.75) is 37.1 Å². The standard InChI is InChI=1S/C21H20Cl2N2O3S/c22-18-6-5-17(13-19(18)23)28-16-3-1-14(2-4-16)21-9-7-15(8-10-21)25-11-12-29(26,27)24-20(21)25/h1-6,13,15H,7-12H2. The molecule has 8 heteroatoms. The van der Waals surface area contributed by atoms with E-state index in [1.807, 2.05) is 24.3 Å². The second kappa shape index (κ2) is 6.89. The summed E-state index contributed by atoms with van der Waals surface area (Å²) in [7, 11) is -3.38. The molecule has 2 aromatic rings. The lowest BCUT2D eigenvalue weighted by Gasteiger charge is -2.55. The minimum absolute atomic E-state index is 0.111. The molecular weight excluding hydrogens is 431 g/mol. The molecule has 0 radical (unpaired) electrons. The van der Waals surface area contributed by atoms with Gasteiger partial charge in [0.15, 0.2) is 0 Å². The van der Waals surface area contributed by atoms with E-state index in [1.165, 1.54) is 0 Å². The number of nitrogens with zero attached hydrogens (tertiary/aromatic N) is 2. The number of ether oxygens (including phenoxy) is 1. The highest BCUT2D eigenvalue weighted by molar-refractivity contribution is 7.90. The number of fused-ring (bicyclic) bond motifs is 2. The maximum absolute atomic E-state index is 12.2. The summed E-state index contributed by atoms with van der Waals surface area (Å²) < 4.78 is 34.5. The van der Waals surface area contributed by atoms with E-state index < -0.39 is 10.0 Å². The van der Waals surface area contributed by atoms with Gasteiger partial charge in [-0.2, -0.15) is 0 Å². The molecular formula is C21H20Cl2N2O3S. The number of piperidine rings is 2. The van der Waals surface area contributed by atoms with Crippen LogP contribution in [0.25, 0.3) is 0 Å². The van der Waals surface area contributed by atoms with Crippen LogP contribution in [0.2, 0.25) is 10.0 Å². The fraction of sp³-hybridized carbons (Fsp3) is 0.381. The van der Waals surface area contributed by atoms with Gasteiger partial charge in [0.25, 0.3) is 10.0 Å². The van der Waals surface area contributed by atoms with Gasteiger partial charge in [0, 0.05) is 18.7 Å². The van der Waals surface area contributed by atoms with Crippen LogP contribution in [0.4, 0.5) is 0 Å². The van der Waals surface area contributed by atoms with E-state index in [1.54, 1.807) is 18.2 Å². The lowest BCUT2D eigenvalue weighted by atomic mass is 9.63. The molecule has 29 heavy (non-hydrogen) atoms. The summed E-state index contributed by atoms with van der Waals surface area (Å²) in [5.41, 5.74) is 0.766. The molecule has 1 aliphatic carbocycles. The normalized spacial score (nSPS) is 27.3. The number of benzene rings is 2. The van der Waals surface area contributed by atoms with E-state index in [4.69, 9.17) is 27.9 Å². The first-order chi connectivity index (χ1) is 13.9. The highest BCUT2D eigenvalue weighted by Gasteiger charge is 2.52. The number of hydrogen-bond acceptors (Lipinski definition) is 4. The molecule has 4 aliphatic rings. The van der Waals surface area contributed by atoms with Gasteiger partial charge in [-0.15, -0.1) is 4.40 Å². The Morgan fingerprint density at radius 3 is 2.38 bits per heavy atom. The first-order valence-corrected chi connectivity index (χ1v) is 12.1. The molecule has 0 unspecified atom stereocenters. The molecule has 1 saturated carbocycles. The van der Waals surface area contributed by atoms with Crippen LogP contribution < -0.4 is 4.74 Å². The van der Waals surface area contributed by atoms with Crippen molar-refractivity contribution in [3.63, 3.8) is 0 Å². The Morgan fingerprint density at radius 2 is 1.69 bits per heavy atom. The van der Waals surface area contributed by atoms with Gasteiger partial charge in [-0.1, -0.05) is 35.3 Å². The predicted molar refractivity (Wildman–Crippen MR) is 115 cm³/mol. The zero-order valence-corrected chi connectivity index (χ0v) is 18.0. The third-order valence-electron chi connectivity index (χ3n) is 6.30. The van der Waals surface area contributed by atoms with Crippen LogP contribution in [0.1, 0.15) is 31.2 Å². The van der Waals surface area contributed by atoms with Gasteiger partial charge >= 0.3 is 0 Å². The minimum Gasteiger partial charge on any atom is -0.457 e. The zero-order valence-electron chi connectivity index (χ0n) is 15.6. The number of amidine groups is 1. The van der Waals surface area contributed by atoms with Gasteiger partial charge in [0.1, 0.15) is 17.3 Å². The molecule has 0 N–H and O–H groups in total. The van der Waals surface area contributed by atoms with Crippen LogP contribution in [-0.2, 0) is 15.4 Å². The molecule has 2 saturated heterocycles. The summed E-state index contributed by atoms with van der Waals surface area (Å²) in [6, 6.07) is 13.4. The molecule has 152 valence electrons. The Kier molecular flexibility index (Phi) is 4.57. The van der Waals surface area contributed by atoms with Crippen molar-refractivity contribution in [3.05, 3.63) is 58.1 Å². The van der Waals surface area contributed by atoms with Gasteiger partial charge in [0.2, 0.25) is 0 Å². The van der Waals surface area contributed by atoms with Gasteiger partial charge in [-0.25, -0.2) is 8.42 Å². The van der Waals surface area contributed by atoms with Crippen LogP contribution in [0.15, 0.2) is 46.9 Å². The summed E-state index contributed by atoms with van der Waals surface area (Å²) >= 11 is 12.0. The van der Waals surface area contributed by atoms with Crippen LogP contribution >= 0.6 is 23.2 Å². The first-order valence-electron chi connectivity index (χ1n) is 9.70. The summed E-state index contributed by atoms with van der Waals surface area (Å²) in [4.78, 5) is 2.23. The van der Waals surface area contributed by atoms with E-state index in [-0.39, 0.29) is 11.2 Å². The van der Waals surface area contributed by atoms with Crippen molar-refractivity contribution in [1.29, 1.82) is 0 Å². The van der Waals surface area contributed by atoms with Crippen molar-refractivity contribution < 1.29 is 13.2 Å².